The van der Waals surface area contributed by atoms with Crippen molar-refractivity contribution in [3.8, 4) is 0 Å². The number of hydrogen-bond acceptors (Lipinski definition) is 4. The van der Waals surface area contributed by atoms with Crippen LogP contribution in [0.3, 0.4) is 0 Å². The summed E-state index contributed by atoms with van der Waals surface area (Å²) >= 11 is 5.90. The molecule has 0 saturated heterocycles. The van der Waals surface area contributed by atoms with E-state index in [2.05, 4.69) is 5.32 Å². The van der Waals surface area contributed by atoms with E-state index in [0.717, 1.165) is 11.3 Å². The molecule has 0 saturated carbocycles. The summed E-state index contributed by atoms with van der Waals surface area (Å²) in [6.45, 7) is 1.77. The monoisotopic (exact) mass is 295 g/mol. The van der Waals surface area contributed by atoms with E-state index in [4.69, 9.17) is 20.8 Å². The standard InChI is InChI=1S/C15H18ClNO3/c16-13-4-1-3-12(7-13)8-17-9-14(18)10-19-11-15-5-2-6-20-15/h1-7,14,17-18H,8-11H2. The van der Waals surface area contributed by atoms with Crippen LogP contribution < -0.4 is 5.32 Å². The van der Waals surface area contributed by atoms with Gasteiger partial charge in [0.05, 0.1) is 19.0 Å². The van der Waals surface area contributed by atoms with Crippen molar-refractivity contribution in [1.82, 2.24) is 5.32 Å². The number of halogens is 1. The van der Waals surface area contributed by atoms with E-state index >= 15 is 0 Å². The third kappa shape index (κ3) is 5.35. The minimum atomic E-state index is -0.552. The lowest BCUT2D eigenvalue weighted by Gasteiger charge is -2.12. The van der Waals surface area contributed by atoms with Crippen LogP contribution in [-0.2, 0) is 17.9 Å². The van der Waals surface area contributed by atoms with Crippen LogP contribution in [0, 0.1) is 0 Å². The Morgan fingerprint density at radius 2 is 2.20 bits per heavy atom. The zero-order chi connectivity index (χ0) is 14.2. The van der Waals surface area contributed by atoms with Crippen molar-refractivity contribution in [3.63, 3.8) is 0 Å². The second kappa shape index (κ2) is 8.07. The SMILES string of the molecule is OC(CNCc1cccc(Cl)c1)COCc1ccco1. The highest BCUT2D eigenvalue weighted by atomic mass is 35.5. The summed E-state index contributed by atoms with van der Waals surface area (Å²) in [6.07, 6.45) is 1.05. The van der Waals surface area contributed by atoms with Crippen LogP contribution in [0.5, 0.6) is 0 Å². The van der Waals surface area contributed by atoms with Crippen molar-refractivity contribution in [2.24, 2.45) is 0 Å². The molecule has 20 heavy (non-hydrogen) atoms. The van der Waals surface area contributed by atoms with Gasteiger partial charge in [-0.25, -0.2) is 0 Å². The van der Waals surface area contributed by atoms with Gasteiger partial charge in [-0.3, -0.25) is 0 Å². The molecule has 0 aliphatic rings. The molecule has 1 unspecified atom stereocenters. The number of aliphatic hydroxyl groups excluding tert-OH is 1. The summed E-state index contributed by atoms with van der Waals surface area (Å²) in [5, 5.41) is 13.6. The van der Waals surface area contributed by atoms with Gasteiger partial charge in [0, 0.05) is 18.1 Å². The number of ether oxygens (including phenoxy) is 1. The van der Waals surface area contributed by atoms with Gasteiger partial charge >= 0.3 is 0 Å². The lowest BCUT2D eigenvalue weighted by atomic mass is 10.2. The lowest BCUT2D eigenvalue weighted by molar-refractivity contribution is 0.0226. The molecule has 1 atom stereocenters. The van der Waals surface area contributed by atoms with Crippen LogP contribution in [0.15, 0.2) is 47.1 Å². The molecule has 2 N–H and O–H groups in total. The second-order valence-electron chi connectivity index (χ2n) is 4.51. The third-order valence-corrected chi connectivity index (χ3v) is 2.97. The molecular formula is C15H18ClNO3. The van der Waals surface area contributed by atoms with E-state index < -0.39 is 6.10 Å². The van der Waals surface area contributed by atoms with E-state index in [9.17, 15) is 5.11 Å². The number of hydrogen-bond donors (Lipinski definition) is 2. The zero-order valence-corrected chi connectivity index (χ0v) is 11.8. The Morgan fingerprint density at radius 1 is 1.30 bits per heavy atom. The smallest absolute Gasteiger partial charge is 0.129 e. The highest BCUT2D eigenvalue weighted by Crippen LogP contribution is 2.10. The topological polar surface area (TPSA) is 54.6 Å². The van der Waals surface area contributed by atoms with Gasteiger partial charge < -0.3 is 19.6 Å². The van der Waals surface area contributed by atoms with Crippen LogP contribution in [0.25, 0.3) is 0 Å². The number of rotatable bonds is 8. The molecule has 108 valence electrons. The first-order valence-electron chi connectivity index (χ1n) is 6.47. The summed E-state index contributed by atoms with van der Waals surface area (Å²) in [6, 6.07) is 11.3. The molecule has 2 aromatic rings. The van der Waals surface area contributed by atoms with Crippen molar-refractivity contribution in [2.75, 3.05) is 13.2 Å². The first kappa shape index (κ1) is 15.1. The van der Waals surface area contributed by atoms with Gasteiger partial charge in [0.1, 0.15) is 12.4 Å². The lowest BCUT2D eigenvalue weighted by Crippen LogP contribution is -2.30. The molecule has 5 heteroatoms. The van der Waals surface area contributed by atoms with Crippen LogP contribution >= 0.6 is 11.6 Å². The molecule has 0 bridgehead atoms. The molecule has 4 nitrogen and oxygen atoms in total. The van der Waals surface area contributed by atoms with Gasteiger partial charge in [0.2, 0.25) is 0 Å². The van der Waals surface area contributed by atoms with Crippen LogP contribution in [-0.4, -0.2) is 24.4 Å². The highest BCUT2D eigenvalue weighted by Gasteiger charge is 2.05. The zero-order valence-electron chi connectivity index (χ0n) is 11.1. The first-order valence-corrected chi connectivity index (χ1v) is 6.85. The first-order chi connectivity index (χ1) is 9.74. The third-order valence-electron chi connectivity index (χ3n) is 2.73. The summed E-state index contributed by atoms with van der Waals surface area (Å²) in [5.74, 6) is 0.754. The van der Waals surface area contributed by atoms with Crippen LogP contribution in [0.4, 0.5) is 0 Å². The van der Waals surface area contributed by atoms with Gasteiger partial charge in [0.15, 0.2) is 0 Å². The highest BCUT2D eigenvalue weighted by molar-refractivity contribution is 6.30. The Bertz CT molecular complexity index is 502. The van der Waals surface area contributed by atoms with E-state index in [1.807, 2.05) is 36.4 Å². The quantitative estimate of drug-likeness (QED) is 0.786. The van der Waals surface area contributed by atoms with Gasteiger partial charge in [-0.15, -0.1) is 0 Å². The molecule has 1 aromatic heterocycles. The maximum absolute atomic E-state index is 9.77. The average molecular weight is 296 g/mol. The van der Waals surface area contributed by atoms with Crippen molar-refractivity contribution >= 4 is 11.6 Å². The van der Waals surface area contributed by atoms with Gasteiger partial charge in [-0.2, -0.15) is 0 Å². The van der Waals surface area contributed by atoms with Gasteiger partial charge in [-0.05, 0) is 29.8 Å². The van der Waals surface area contributed by atoms with Gasteiger partial charge in [-0.1, -0.05) is 23.7 Å². The maximum Gasteiger partial charge on any atom is 0.129 e. The predicted molar refractivity (Wildman–Crippen MR) is 77.5 cm³/mol. The normalized spacial score (nSPS) is 12.5. The van der Waals surface area contributed by atoms with E-state index in [-0.39, 0.29) is 6.61 Å². The molecule has 1 heterocycles. The molecule has 0 amide bonds. The largest absolute Gasteiger partial charge is 0.467 e. The molecule has 0 fully saturated rings. The molecule has 0 aliphatic carbocycles. The number of aliphatic hydroxyl groups is 1. The average Bonchev–Trinajstić information content (AvgIpc) is 2.92. The molecule has 0 aliphatic heterocycles. The van der Waals surface area contributed by atoms with E-state index in [1.165, 1.54) is 0 Å². The Balaban J connectivity index is 1.59. The van der Waals surface area contributed by atoms with Crippen molar-refractivity contribution in [3.05, 3.63) is 59.0 Å². The fraction of sp³-hybridized carbons (Fsp3) is 0.333. The Morgan fingerprint density at radius 3 is 2.95 bits per heavy atom. The minimum absolute atomic E-state index is 0.267. The number of benzene rings is 1. The molecule has 0 spiro atoms. The summed E-state index contributed by atoms with van der Waals surface area (Å²) < 4.78 is 10.5. The summed E-state index contributed by atoms with van der Waals surface area (Å²) in [7, 11) is 0. The Kier molecular flexibility index (Phi) is 6.08. The minimum Gasteiger partial charge on any atom is -0.467 e. The fourth-order valence-corrected chi connectivity index (χ4v) is 1.99. The number of nitrogens with one attached hydrogen (secondary N) is 1. The van der Waals surface area contributed by atoms with Crippen molar-refractivity contribution < 1.29 is 14.3 Å². The molecule has 1 aromatic carbocycles. The second-order valence-corrected chi connectivity index (χ2v) is 4.95. The van der Waals surface area contributed by atoms with Crippen molar-refractivity contribution in [1.29, 1.82) is 0 Å². The maximum atomic E-state index is 9.77. The molecular weight excluding hydrogens is 278 g/mol. The van der Waals surface area contributed by atoms with Gasteiger partial charge in [0.25, 0.3) is 0 Å². The van der Waals surface area contributed by atoms with E-state index in [0.29, 0.717) is 24.7 Å². The fourth-order valence-electron chi connectivity index (χ4n) is 1.78. The van der Waals surface area contributed by atoms with Crippen LogP contribution in [0.2, 0.25) is 5.02 Å². The molecule has 0 radical (unpaired) electrons. The van der Waals surface area contributed by atoms with Crippen LogP contribution in [0.1, 0.15) is 11.3 Å². The summed E-state index contributed by atoms with van der Waals surface area (Å²) in [4.78, 5) is 0. The van der Waals surface area contributed by atoms with Crippen molar-refractivity contribution in [2.45, 2.75) is 19.3 Å². The number of furan rings is 1. The molecule has 2 rings (SSSR count). The summed E-state index contributed by atoms with van der Waals surface area (Å²) in [5.41, 5.74) is 1.08. The Hall–Kier alpha value is -1.33. The Labute approximate surface area is 123 Å². The predicted octanol–water partition coefficient (Wildman–Crippen LogP) is 2.60. The van der Waals surface area contributed by atoms with E-state index in [1.54, 1.807) is 6.26 Å².